The van der Waals surface area contributed by atoms with Crippen molar-refractivity contribution in [3.8, 4) is 0 Å². The molecule has 1 N–H and O–H groups in total. The highest BCUT2D eigenvalue weighted by Crippen LogP contribution is 2.18. The van der Waals surface area contributed by atoms with Gasteiger partial charge in [-0.25, -0.2) is 0 Å². The fourth-order valence-electron chi connectivity index (χ4n) is 2.27. The number of halogens is 2. The summed E-state index contributed by atoms with van der Waals surface area (Å²) in [6.45, 7) is 4.79. The first kappa shape index (κ1) is 17.5. The average Bonchev–Trinajstić information content (AvgIpc) is 2.34. The Morgan fingerprint density at radius 3 is 2.50 bits per heavy atom. The molecule has 1 saturated heterocycles. The normalized spacial score (nSPS) is 15.9. The highest BCUT2D eigenvalue weighted by molar-refractivity contribution is 9.10. The molecule has 1 aliphatic heterocycles. The number of carbonyl (C=O) groups is 1. The van der Waals surface area contributed by atoms with Crippen LogP contribution in [0.2, 0.25) is 0 Å². The van der Waals surface area contributed by atoms with Crippen molar-refractivity contribution in [1.82, 2.24) is 10.2 Å². The predicted octanol–water partition coefficient (Wildman–Crippen LogP) is 2.73. The second kappa shape index (κ2) is 8.01. The van der Waals surface area contributed by atoms with Gasteiger partial charge in [-0.1, -0.05) is 35.0 Å². The molecule has 3 nitrogen and oxygen atoms in total. The van der Waals surface area contributed by atoms with Crippen molar-refractivity contribution in [2.75, 3.05) is 26.7 Å². The number of likely N-dealkylation sites (N-methyl/N-ethyl adjacent to an activating group) is 1. The summed E-state index contributed by atoms with van der Waals surface area (Å²) in [5.74, 6) is 0.919. The summed E-state index contributed by atoms with van der Waals surface area (Å²) in [4.78, 5) is 14.1. The van der Waals surface area contributed by atoms with Crippen LogP contribution < -0.4 is 5.32 Å². The molecule has 0 saturated carbocycles. The van der Waals surface area contributed by atoms with E-state index in [-0.39, 0.29) is 24.2 Å². The van der Waals surface area contributed by atoms with E-state index in [1.165, 1.54) is 5.56 Å². The van der Waals surface area contributed by atoms with E-state index in [0.29, 0.717) is 5.92 Å². The van der Waals surface area contributed by atoms with Crippen molar-refractivity contribution in [2.45, 2.75) is 13.3 Å². The summed E-state index contributed by atoms with van der Waals surface area (Å²) in [7, 11) is 1.91. The van der Waals surface area contributed by atoms with Gasteiger partial charge in [0.1, 0.15) is 0 Å². The van der Waals surface area contributed by atoms with Crippen molar-refractivity contribution in [2.24, 2.45) is 11.8 Å². The van der Waals surface area contributed by atoms with E-state index < -0.39 is 0 Å². The Hall–Kier alpha value is -0.580. The lowest BCUT2D eigenvalue weighted by Crippen LogP contribution is -2.50. The number of nitrogens with one attached hydrogen (secondary N) is 1. The molecular weight excluding hydrogens is 340 g/mol. The molecule has 1 atom stereocenters. The topological polar surface area (TPSA) is 32.3 Å². The van der Waals surface area contributed by atoms with E-state index in [1.807, 2.05) is 31.0 Å². The molecule has 20 heavy (non-hydrogen) atoms. The molecule has 1 unspecified atom stereocenters. The molecular formula is C15H22BrClN2O. The number of hydrogen-bond donors (Lipinski definition) is 1. The minimum atomic E-state index is 0. The van der Waals surface area contributed by atoms with Gasteiger partial charge in [0, 0.05) is 24.0 Å². The number of rotatable bonds is 5. The van der Waals surface area contributed by atoms with Crippen molar-refractivity contribution >= 4 is 34.2 Å². The summed E-state index contributed by atoms with van der Waals surface area (Å²) in [6, 6.07) is 8.28. The van der Waals surface area contributed by atoms with Crippen LogP contribution in [0.25, 0.3) is 0 Å². The summed E-state index contributed by atoms with van der Waals surface area (Å²) in [6.07, 6.45) is 0.908. The zero-order valence-corrected chi connectivity index (χ0v) is 14.3. The number of benzene rings is 1. The Labute approximate surface area is 135 Å². The maximum absolute atomic E-state index is 12.2. The SMILES string of the molecule is CC(C(=O)N(C)CCc1ccc(Br)cc1)C1CNC1.Cl. The lowest BCUT2D eigenvalue weighted by atomic mass is 9.88. The van der Waals surface area contributed by atoms with Gasteiger partial charge in [-0.05, 0) is 43.1 Å². The van der Waals surface area contributed by atoms with Crippen LogP contribution in [0.1, 0.15) is 12.5 Å². The Balaban J connectivity index is 0.00000200. The Bertz CT molecular complexity index is 434. The molecule has 2 rings (SSSR count). The zero-order chi connectivity index (χ0) is 13.8. The Morgan fingerprint density at radius 2 is 2.00 bits per heavy atom. The smallest absolute Gasteiger partial charge is 0.225 e. The van der Waals surface area contributed by atoms with Crippen molar-refractivity contribution in [3.05, 3.63) is 34.3 Å². The van der Waals surface area contributed by atoms with E-state index in [9.17, 15) is 4.79 Å². The van der Waals surface area contributed by atoms with E-state index in [1.54, 1.807) is 0 Å². The van der Waals surface area contributed by atoms with Crippen LogP contribution in [0.15, 0.2) is 28.7 Å². The fraction of sp³-hybridized carbons (Fsp3) is 0.533. The van der Waals surface area contributed by atoms with E-state index in [0.717, 1.165) is 30.5 Å². The van der Waals surface area contributed by atoms with Gasteiger partial charge in [-0.15, -0.1) is 12.4 Å². The molecule has 0 aromatic heterocycles. The van der Waals surface area contributed by atoms with Crippen LogP contribution in [0.4, 0.5) is 0 Å². The molecule has 0 aliphatic carbocycles. The van der Waals surface area contributed by atoms with Crippen LogP contribution >= 0.6 is 28.3 Å². The van der Waals surface area contributed by atoms with Gasteiger partial charge in [0.15, 0.2) is 0 Å². The second-order valence-electron chi connectivity index (χ2n) is 5.34. The average molecular weight is 362 g/mol. The van der Waals surface area contributed by atoms with Gasteiger partial charge in [0.05, 0.1) is 0 Å². The molecule has 1 fully saturated rings. The Kier molecular flexibility index (Phi) is 7.00. The lowest BCUT2D eigenvalue weighted by Gasteiger charge is -2.34. The van der Waals surface area contributed by atoms with Gasteiger partial charge in [-0.2, -0.15) is 0 Å². The molecule has 1 aliphatic rings. The van der Waals surface area contributed by atoms with Crippen LogP contribution in [0, 0.1) is 11.8 Å². The van der Waals surface area contributed by atoms with Gasteiger partial charge < -0.3 is 10.2 Å². The second-order valence-corrected chi connectivity index (χ2v) is 6.26. The molecule has 5 heteroatoms. The highest BCUT2D eigenvalue weighted by Gasteiger charge is 2.30. The minimum absolute atomic E-state index is 0. The molecule has 112 valence electrons. The third kappa shape index (κ3) is 4.47. The molecule has 0 bridgehead atoms. The number of hydrogen-bond acceptors (Lipinski definition) is 2. The molecule has 1 amide bonds. The summed E-state index contributed by atoms with van der Waals surface area (Å²) >= 11 is 3.43. The first-order valence-electron chi connectivity index (χ1n) is 6.78. The van der Waals surface area contributed by atoms with E-state index >= 15 is 0 Å². The van der Waals surface area contributed by atoms with E-state index in [2.05, 4.69) is 33.4 Å². The van der Waals surface area contributed by atoms with Crippen LogP contribution in [-0.2, 0) is 11.2 Å². The van der Waals surface area contributed by atoms with E-state index in [4.69, 9.17) is 0 Å². The predicted molar refractivity (Wildman–Crippen MR) is 88.3 cm³/mol. The van der Waals surface area contributed by atoms with Crippen LogP contribution in [-0.4, -0.2) is 37.5 Å². The molecule has 1 heterocycles. The minimum Gasteiger partial charge on any atom is -0.345 e. The first-order valence-corrected chi connectivity index (χ1v) is 7.57. The third-order valence-electron chi connectivity index (χ3n) is 3.94. The summed E-state index contributed by atoms with van der Waals surface area (Å²) in [5.41, 5.74) is 1.26. The highest BCUT2D eigenvalue weighted by atomic mass is 79.9. The van der Waals surface area contributed by atoms with Crippen molar-refractivity contribution < 1.29 is 4.79 Å². The standard InChI is InChI=1S/C15H21BrN2O.ClH/c1-11(13-9-17-10-13)15(19)18(2)8-7-12-3-5-14(16)6-4-12;/h3-6,11,13,17H,7-10H2,1-2H3;1H. The lowest BCUT2D eigenvalue weighted by molar-refractivity contribution is -0.136. The summed E-state index contributed by atoms with van der Waals surface area (Å²) in [5, 5.41) is 3.22. The zero-order valence-electron chi connectivity index (χ0n) is 11.9. The fourth-order valence-corrected chi connectivity index (χ4v) is 2.54. The summed E-state index contributed by atoms with van der Waals surface area (Å²) < 4.78 is 1.09. The van der Waals surface area contributed by atoms with Crippen LogP contribution in [0.3, 0.4) is 0 Å². The Morgan fingerprint density at radius 1 is 1.40 bits per heavy atom. The maximum atomic E-state index is 12.2. The monoisotopic (exact) mass is 360 g/mol. The van der Waals surface area contributed by atoms with Gasteiger partial charge in [-0.3, -0.25) is 4.79 Å². The first-order chi connectivity index (χ1) is 9.08. The molecule has 1 aromatic carbocycles. The van der Waals surface area contributed by atoms with Gasteiger partial charge >= 0.3 is 0 Å². The molecule has 0 radical (unpaired) electrons. The van der Waals surface area contributed by atoms with Crippen molar-refractivity contribution in [1.29, 1.82) is 0 Å². The number of amides is 1. The van der Waals surface area contributed by atoms with Gasteiger partial charge in [0.2, 0.25) is 5.91 Å². The largest absolute Gasteiger partial charge is 0.345 e. The molecule has 0 spiro atoms. The number of nitrogens with zero attached hydrogens (tertiary/aromatic N) is 1. The quantitative estimate of drug-likeness (QED) is 0.874. The third-order valence-corrected chi connectivity index (χ3v) is 4.46. The van der Waals surface area contributed by atoms with Gasteiger partial charge in [0.25, 0.3) is 0 Å². The maximum Gasteiger partial charge on any atom is 0.225 e. The molecule has 1 aromatic rings. The van der Waals surface area contributed by atoms with Crippen molar-refractivity contribution in [3.63, 3.8) is 0 Å². The van der Waals surface area contributed by atoms with Crippen LogP contribution in [0.5, 0.6) is 0 Å². The number of carbonyl (C=O) groups excluding carboxylic acids is 1.